The summed E-state index contributed by atoms with van der Waals surface area (Å²) in [6.07, 6.45) is 6.41. The van der Waals surface area contributed by atoms with E-state index in [1.165, 1.54) is 17.7 Å². The zero-order valence-electron chi connectivity index (χ0n) is 19.6. The molecular weight excluding hydrogens is 451 g/mol. The number of hydrogen-bond acceptors (Lipinski definition) is 6. The highest BCUT2D eigenvalue weighted by Crippen LogP contribution is 2.44. The quantitative estimate of drug-likeness (QED) is 0.384. The second-order valence-corrected chi connectivity index (χ2v) is 8.70. The van der Waals surface area contributed by atoms with Crippen molar-refractivity contribution >= 4 is 11.5 Å². The van der Waals surface area contributed by atoms with Gasteiger partial charge in [0, 0.05) is 36.0 Å². The highest BCUT2D eigenvalue weighted by atomic mass is 19.1. The van der Waals surface area contributed by atoms with Crippen LogP contribution < -0.4 is 4.74 Å². The Bertz CT molecular complexity index is 1240. The zero-order chi connectivity index (χ0) is 24.8. The van der Waals surface area contributed by atoms with Gasteiger partial charge >= 0.3 is 5.97 Å². The van der Waals surface area contributed by atoms with Gasteiger partial charge in [-0.05, 0) is 30.2 Å². The maximum atomic E-state index is 14.5. The average molecular weight is 479 g/mol. The molecule has 0 fully saturated rings. The number of allylic oxidation sites excluding steroid dienone is 3. The maximum Gasteiger partial charge on any atom is 0.303 e. The predicted molar refractivity (Wildman–Crippen MR) is 128 cm³/mol. The van der Waals surface area contributed by atoms with E-state index in [-0.39, 0.29) is 35.9 Å². The van der Waals surface area contributed by atoms with Crippen molar-refractivity contribution in [3.8, 4) is 17.1 Å². The lowest BCUT2D eigenvalue weighted by Gasteiger charge is -2.36. The fraction of sp³-hybridized carbons (Fsp3) is 0.296. The summed E-state index contributed by atoms with van der Waals surface area (Å²) in [5.41, 5.74) is 2.07. The van der Waals surface area contributed by atoms with Crippen LogP contribution in [0, 0.1) is 11.2 Å². The third-order valence-electron chi connectivity index (χ3n) is 5.93. The number of ether oxygens (including phenoxy) is 2. The van der Waals surface area contributed by atoms with E-state index in [1.54, 1.807) is 13.2 Å². The molecule has 1 N–H and O–H groups in total. The molecule has 0 aliphatic heterocycles. The standard InChI is InChI=1S/C27H27FN2O5/c1-27(17-33-2)16-20(10-12-21(27)18-7-4-3-5-8-18)26-29-25(30-35-26)19-11-13-23(22(28)15-19)34-14-6-9-24(31)32/h3-5,7-8,10-13,15-16,21H,6,9,14,17H2,1-2H3,(H,31,32). The van der Waals surface area contributed by atoms with E-state index >= 15 is 0 Å². The number of aliphatic carboxylic acids is 1. The highest BCUT2D eigenvalue weighted by Gasteiger charge is 2.35. The lowest BCUT2D eigenvalue weighted by molar-refractivity contribution is -0.137. The summed E-state index contributed by atoms with van der Waals surface area (Å²) in [5.74, 6) is -0.753. The molecule has 0 saturated heterocycles. The molecule has 0 saturated carbocycles. The lowest BCUT2D eigenvalue weighted by atomic mass is 9.70. The smallest absolute Gasteiger partial charge is 0.303 e. The summed E-state index contributed by atoms with van der Waals surface area (Å²) in [6, 6.07) is 14.6. The Morgan fingerprint density at radius 1 is 1.23 bits per heavy atom. The molecule has 0 spiro atoms. The van der Waals surface area contributed by atoms with Crippen LogP contribution in [0.15, 0.2) is 71.3 Å². The van der Waals surface area contributed by atoms with E-state index in [4.69, 9.17) is 19.1 Å². The molecule has 35 heavy (non-hydrogen) atoms. The van der Waals surface area contributed by atoms with Crippen LogP contribution in [0.25, 0.3) is 17.0 Å². The molecule has 1 heterocycles. The number of halogens is 1. The third kappa shape index (κ3) is 5.66. The Hall–Kier alpha value is -3.78. The van der Waals surface area contributed by atoms with Crippen LogP contribution in [0.3, 0.4) is 0 Å². The molecular formula is C27H27FN2O5. The normalized spacial score (nSPS) is 19.4. The summed E-state index contributed by atoms with van der Waals surface area (Å²) < 4.78 is 30.9. The number of rotatable bonds is 10. The van der Waals surface area contributed by atoms with Crippen molar-refractivity contribution in [2.75, 3.05) is 20.3 Å². The van der Waals surface area contributed by atoms with Crippen molar-refractivity contribution in [1.29, 1.82) is 0 Å². The SMILES string of the molecule is COCC1(C)C=C(c2nc(-c3ccc(OCCCC(=O)O)c(F)c3)no2)C=CC1c1ccccc1. The summed E-state index contributed by atoms with van der Waals surface area (Å²) in [7, 11) is 1.68. The first kappa shape index (κ1) is 24.3. The molecule has 2 atom stereocenters. The van der Waals surface area contributed by atoms with Gasteiger partial charge in [0.2, 0.25) is 5.82 Å². The van der Waals surface area contributed by atoms with Crippen molar-refractivity contribution < 1.29 is 28.3 Å². The monoisotopic (exact) mass is 478 g/mol. The van der Waals surface area contributed by atoms with Gasteiger partial charge in [-0.25, -0.2) is 4.39 Å². The molecule has 0 radical (unpaired) electrons. The van der Waals surface area contributed by atoms with Crippen LogP contribution in [0.1, 0.15) is 37.1 Å². The Morgan fingerprint density at radius 2 is 2.03 bits per heavy atom. The van der Waals surface area contributed by atoms with Crippen LogP contribution in [-0.2, 0) is 9.53 Å². The summed E-state index contributed by atoms with van der Waals surface area (Å²) in [5, 5.41) is 12.7. The number of benzene rings is 2. The molecule has 2 unspecified atom stereocenters. The topological polar surface area (TPSA) is 94.7 Å². The first-order valence-corrected chi connectivity index (χ1v) is 11.3. The van der Waals surface area contributed by atoms with E-state index in [9.17, 15) is 9.18 Å². The Labute approximate surface area is 202 Å². The molecule has 0 amide bonds. The fourth-order valence-corrected chi connectivity index (χ4v) is 4.26. The van der Waals surface area contributed by atoms with Crippen LogP contribution in [0.5, 0.6) is 5.75 Å². The first-order chi connectivity index (χ1) is 16.9. The minimum Gasteiger partial charge on any atom is -0.491 e. The van der Waals surface area contributed by atoms with Crippen molar-refractivity contribution in [2.45, 2.75) is 25.7 Å². The average Bonchev–Trinajstić information content (AvgIpc) is 3.33. The predicted octanol–water partition coefficient (Wildman–Crippen LogP) is 5.51. The molecule has 1 aromatic heterocycles. The molecule has 4 rings (SSSR count). The number of carbonyl (C=O) groups is 1. The first-order valence-electron chi connectivity index (χ1n) is 11.3. The van der Waals surface area contributed by atoms with Gasteiger partial charge in [-0.1, -0.05) is 60.6 Å². The summed E-state index contributed by atoms with van der Waals surface area (Å²) in [4.78, 5) is 15.1. The van der Waals surface area contributed by atoms with E-state index in [2.05, 4.69) is 41.3 Å². The van der Waals surface area contributed by atoms with Gasteiger partial charge in [0.05, 0.1) is 13.2 Å². The third-order valence-corrected chi connectivity index (χ3v) is 5.93. The van der Waals surface area contributed by atoms with E-state index < -0.39 is 11.8 Å². The van der Waals surface area contributed by atoms with Gasteiger partial charge < -0.3 is 19.1 Å². The number of carboxylic acid groups (broad SMARTS) is 1. The second kappa shape index (κ2) is 10.7. The van der Waals surface area contributed by atoms with Gasteiger partial charge in [-0.3, -0.25) is 4.79 Å². The van der Waals surface area contributed by atoms with Crippen molar-refractivity contribution in [3.63, 3.8) is 0 Å². The summed E-state index contributed by atoms with van der Waals surface area (Å²) >= 11 is 0. The van der Waals surface area contributed by atoms with E-state index in [1.807, 2.05) is 24.3 Å². The molecule has 3 aromatic rings. The summed E-state index contributed by atoms with van der Waals surface area (Å²) in [6.45, 7) is 2.74. The minimum atomic E-state index is -0.918. The molecule has 0 bridgehead atoms. The zero-order valence-corrected chi connectivity index (χ0v) is 19.6. The minimum absolute atomic E-state index is 0.0365. The Balaban J connectivity index is 1.52. The van der Waals surface area contributed by atoms with Gasteiger partial charge in [0.15, 0.2) is 11.6 Å². The number of hydrogen-bond donors (Lipinski definition) is 1. The molecule has 1 aliphatic carbocycles. The van der Waals surface area contributed by atoms with Crippen LogP contribution in [-0.4, -0.2) is 41.5 Å². The maximum absolute atomic E-state index is 14.5. The fourth-order valence-electron chi connectivity index (χ4n) is 4.26. The Morgan fingerprint density at radius 3 is 2.74 bits per heavy atom. The molecule has 1 aliphatic rings. The van der Waals surface area contributed by atoms with Crippen LogP contribution in [0.2, 0.25) is 0 Å². The van der Waals surface area contributed by atoms with E-state index in [0.29, 0.717) is 24.5 Å². The van der Waals surface area contributed by atoms with Crippen LogP contribution >= 0.6 is 0 Å². The lowest BCUT2D eigenvalue weighted by Crippen LogP contribution is -2.29. The van der Waals surface area contributed by atoms with Gasteiger partial charge in [0.1, 0.15) is 0 Å². The Kier molecular flexibility index (Phi) is 7.41. The number of methoxy groups -OCH3 is 1. The van der Waals surface area contributed by atoms with Gasteiger partial charge in [-0.2, -0.15) is 4.98 Å². The largest absolute Gasteiger partial charge is 0.491 e. The molecule has 182 valence electrons. The number of carboxylic acids is 1. The molecule has 7 nitrogen and oxygen atoms in total. The number of aromatic nitrogens is 2. The molecule has 8 heteroatoms. The van der Waals surface area contributed by atoms with Gasteiger partial charge in [0.25, 0.3) is 5.89 Å². The second-order valence-electron chi connectivity index (χ2n) is 8.70. The van der Waals surface area contributed by atoms with Crippen molar-refractivity contribution in [3.05, 3.63) is 84.0 Å². The van der Waals surface area contributed by atoms with E-state index in [0.717, 1.165) is 5.57 Å². The highest BCUT2D eigenvalue weighted by molar-refractivity contribution is 5.72. The number of nitrogens with zero attached hydrogens (tertiary/aromatic N) is 2. The van der Waals surface area contributed by atoms with Crippen molar-refractivity contribution in [2.24, 2.45) is 5.41 Å². The van der Waals surface area contributed by atoms with Crippen LogP contribution in [0.4, 0.5) is 4.39 Å². The van der Waals surface area contributed by atoms with Gasteiger partial charge in [-0.15, -0.1) is 0 Å². The molecule has 2 aromatic carbocycles. The van der Waals surface area contributed by atoms with Crippen molar-refractivity contribution in [1.82, 2.24) is 10.1 Å².